The van der Waals surface area contributed by atoms with Crippen LogP contribution in [0, 0.1) is 10.1 Å². The topological polar surface area (TPSA) is 66.6 Å². The molecule has 0 spiro atoms. The van der Waals surface area contributed by atoms with E-state index >= 15 is 0 Å². The molecule has 0 amide bonds. The highest BCUT2D eigenvalue weighted by Gasteiger charge is 2.30. The summed E-state index contributed by atoms with van der Waals surface area (Å²) < 4.78 is 0. The number of benzene rings is 1. The molecule has 5 nitrogen and oxygen atoms in total. The lowest BCUT2D eigenvalue weighted by atomic mass is 10.1. The van der Waals surface area contributed by atoms with Crippen LogP contribution >= 0.6 is 0 Å². The first kappa shape index (κ1) is 11.9. The van der Waals surface area contributed by atoms with Gasteiger partial charge in [-0.05, 0) is 31.4 Å². The van der Waals surface area contributed by atoms with Crippen LogP contribution in [-0.2, 0) is 0 Å². The van der Waals surface area contributed by atoms with Crippen molar-refractivity contribution in [1.29, 1.82) is 0 Å². The molecular weight excluding hydrogens is 220 g/mol. The van der Waals surface area contributed by atoms with E-state index < -0.39 is 6.10 Å². The Morgan fingerprint density at radius 3 is 2.65 bits per heavy atom. The maximum Gasteiger partial charge on any atom is 0.292 e. The van der Waals surface area contributed by atoms with E-state index in [0.717, 1.165) is 12.8 Å². The first-order chi connectivity index (χ1) is 8.00. The van der Waals surface area contributed by atoms with Crippen LogP contribution in [0.1, 0.15) is 31.4 Å². The van der Waals surface area contributed by atoms with Gasteiger partial charge in [-0.25, -0.2) is 0 Å². The average Bonchev–Trinajstić information content (AvgIpc) is 3.10. The number of hydrogen-bond donors (Lipinski definition) is 1. The van der Waals surface area contributed by atoms with Crippen molar-refractivity contribution in [2.75, 3.05) is 11.9 Å². The molecule has 5 heteroatoms. The summed E-state index contributed by atoms with van der Waals surface area (Å²) >= 11 is 0. The molecule has 1 aliphatic rings. The van der Waals surface area contributed by atoms with Gasteiger partial charge in [-0.2, -0.15) is 0 Å². The Morgan fingerprint density at radius 2 is 2.18 bits per heavy atom. The van der Waals surface area contributed by atoms with E-state index in [2.05, 4.69) is 0 Å². The maximum atomic E-state index is 11.0. The van der Waals surface area contributed by atoms with E-state index in [1.54, 1.807) is 19.1 Å². The number of aliphatic hydroxyl groups is 1. The van der Waals surface area contributed by atoms with Gasteiger partial charge >= 0.3 is 0 Å². The lowest BCUT2D eigenvalue weighted by Crippen LogP contribution is -2.20. The third-order valence-corrected chi connectivity index (χ3v) is 3.15. The van der Waals surface area contributed by atoms with Gasteiger partial charge in [-0.3, -0.25) is 10.1 Å². The summed E-state index contributed by atoms with van der Waals surface area (Å²) in [5.41, 5.74) is 1.27. The fourth-order valence-corrected chi connectivity index (χ4v) is 1.90. The summed E-state index contributed by atoms with van der Waals surface area (Å²) in [6, 6.07) is 5.34. The van der Waals surface area contributed by atoms with Crippen LogP contribution in [-0.4, -0.2) is 23.1 Å². The smallest absolute Gasteiger partial charge is 0.292 e. The molecule has 1 unspecified atom stereocenters. The zero-order valence-electron chi connectivity index (χ0n) is 9.96. The highest BCUT2D eigenvalue weighted by atomic mass is 16.6. The molecule has 0 bridgehead atoms. The molecule has 0 saturated heterocycles. The van der Waals surface area contributed by atoms with E-state index in [1.807, 2.05) is 11.9 Å². The van der Waals surface area contributed by atoms with Crippen molar-refractivity contribution in [3.8, 4) is 0 Å². The van der Waals surface area contributed by atoms with Crippen LogP contribution in [0.2, 0.25) is 0 Å². The molecule has 0 aromatic heterocycles. The SMILES string of the molecule is CC(O)c1ccc(N(C)C2CC2)c([N+](=O)[O-])c1. The number of nitrogens with zero attached hydrogens (tertiary/aromatic N) is 2. The molecule has 1 aromatic carbocycles. The zero-order valence-corrected chi connectivity index (χ0v) is 9.96. The van der Waals surface area contributed by atoms with Gasteiger partial charge < -0.3 is 10.0 Å². The monoisotopic (exact) mass is 236 g/mol. The second-order valence-electron chi connectivity index (χ2n) is 4.52. The molecular formula is C12H16N2O3. The Labute approximate surface area is 99.8 Å². The van der Waals surface area contributed by atoms with Gasteiger partial charge in [0, 0.05) is 19.2 Å². The number of nitro benzene ring substituents is 1. The highest BCUT2D eigenvalue weighted by molar-refractivity contribution is 5.65. The summed E-state index contributed by atoms with van der Waals surface area (Å²) in [7, 11) is 1.88. The Balaban J connectivity index is 2.40. The van der Waals surface area contributed by atoms with Crippen molar-refractivity contribution in [1.82, 2.24) is 0 Å². The normalized spacial score (nSPS) is 16.6. The number of nitro groups is 1. The summed E-state index contributed by atoms with van der Waals surface area (Å²) in [6.07, 6.45) is 1.49. The number of anilines is 1. The first-order valence-corrected chi connectivity index (χ1v) is 5.70. The van der Waals surface area contributed by atoms with Gasteiger partial charge in [0.25, 0.3) is 5.69 Å². The van der Waals surface area contributed by atoms with E-state index in [-0.39, 0.29) is 10.6 Å². The summed E-state index contributed by atoms with van der Waals surface area (Å²) in [5.74, 6) is 0. The molecule has 1 fully saturated rings. The average molecular weight is 236 g/mol. The van der Waals surface area contributed by atoms with E-state index in [0.29, 0.717) is 17.3 Å². The van der Waals surface area contributed by atoms with Gasteiger partial charge in [0.1, 0.15) is 5.69 Å². The standard InChI is InChI=1S/C12H16N2O3/c1-8(15)9-3-6-11(12(7-9)14(16)17)13(2)10-4-5-10/h3,6-8,10,15H,4-5H2,1-2H3. The Bertz CT molecular complexity index is 441. The van der Waals surface area contributed by atoms with E-state index in [4.69, 9.17) is 0 Å². The molecule has 0 aliphatic heterocycles. The van der Waals surface area contributed by atoms with Gasteiger partial charge in [-0.15, -0.1) is 0 Å². The second kappa shape index (κ2) is 4.33. The molecule has 2 rings (SSSR count). The molecule has 1 saturated carbocycles. The van der Waals surface area contributed by atoms with Crippen molar-refractivity contribution in [2.24, 2.45) is 0 Å². The lowest BCUT2D eigenvalue weighted by Gasteiger charge is -2.19. The van der Waals surface area contributed by atoms with Crippen LogP contribution in [0.4, 0.5) is 11.4 Å². The molecule has 92 valence electrons. The summed E-state index contributed by atoms with van der Waals surface area (Å²) in [6.45, 7) is 1.60. The third-order valence-electron chi connectivity index (χ3n) is 3.15. The Hall–Kier alpha value is -1.62. The third kappa shape index (κ3) is 2.39. The van der Waals surface area contributed by atoms with Gasteiger partial charge in [0.15, 0.2) is 0 Å². The number of hydrogen-bond acceptors (Lipinski definition) is 4. The van der Waals surface area contributed by atoms with E-state index in [1.165, 1.54) is 6.07 Å². The summed E-state index contributed by atoms with van der Waals surface area (Å²) in [5, 5.41) is 20.5. The fourth-order valence-electron chi connectivity index (χ4n) is 1.90. The van der Waals surface area contributed by atoms with Crippen LogP contribution in [0.5, 0.6) is 0 Å². The van der Waals surface area contributed by atoms with Crippen molar-refractivity contribution in [2.45, 2.75) is 31.9 Å². The van der Waals surface area contributed by atoms with Crippen LogP contribution < -0.4 is 4.90 Å². The minimum Gasteiger partial charge on any atom is -0.389 e. The molecule has 1 N–H and O–H groups in total. The predicted molar refractivity (Wildman–Crippen MR) is 65.2 cm³/mol. The molecule has 17 heavy (non-hydrogen) atoms. The summed E-state index contributed by atoms with van der Waals surface area (Å²) in [4.78, 5) is 12.6. The molecule has 1 atom stereocenters. The maximum absolute atomic E-state index is 11.0. The Kier molecular flexibility index (Phi) is 3.02. The lowest BCUT2D eigenvalue weighted by molar-refractivity contribution is -0.384. The quantitative estimate of drug-likeness (QED) is 0.643. The second-order valence-corrected chi connectivity index (χ2v) is 4.52. The van der Waals surface area contributed by atoms with Crippen molar-refractivity contribution < 1.29 is 10.0 Å². The highest BCUT2D eigenvalue weighted by Crippen LogP contribution is 2.36. The Morgan fingerprint density at radius 1 is 1.53 bits per heavy atom. The van der Waals surface area contributed by atoms with E-state index in [9.17, 15) is 15.2 Å². The number of aliphatic hydroxyl groups excluding tert-OH is 1. The molecule has 0 radical (unpaired) electrons. The minimum absolute atomic E-state index is 0.0674. The molecule has 1 aromatic rings. The van der Waals surface area contributed by atoms with Gasteiger partial charge in [0.2, 0.25) is 0 Å². The fraction of sp³-hybridized carbons (Fsp3) is 0.500. The van der Waals surface area contributed by atoms with Crippen LogP contribution in [0.15, 0.2) is 18.2 Å². The largest absolute Gasteiger partial charge is 0.389 e. The molecule has 1 aliphatic carbocycles. The first-order valence-electron chi connectivity index (χ1n) is 5.70. The predicted octanol–water partition coefficient (Wildman–Crippen LogP) is 2.25. The number of rotatable bonds is 4. The minimum atomic E-state index is -0.686. The van der Waals surface area contributed by atoms with Crippen LogP contribution in [0.25, 0.3) is 0 Å². The van der Waals surface area contributed by atoms with Gasteiger partial charge in [-0.1, -0.05) is 6.07 Å². The van der Waals surface area contributed by atoms with Crippen molar-refractivity contribution in [3.63, 3.8) is 0 Å². The van der Waals surface area contributed by atoms with Crippen molar-refractivity contribution >= 4 is 11.4 Å². The van der Waals surface area contributed by atoms with Crippen molar-refractivity contribution in [3.05, 3.63) is 33.9 Å². The zero-order chi connectivity index (χ0) is 12.6. The van der Waals surface area contributed by atoms with Gasteiger partial charge in [0.05, 0.1) is 11.0 Å². The van der Waals surface area contributed by atoms with Crippen LogP contribution in [0.3, 0.4) is 0 Å². The molecule has 0 heterocycles.